The van der Waals surface area contributed by atoms with Crippen molar-refractivity contribution in [1.82, 2.24) is 15.0 Å². The molecule has 1 N–H and O–H groups in total. The van der Waals surface area contributed by atoms with E-state index in [1.165, 1.54) is 13.3 Å². The molecule has 22 heavy (non-hydrogen) atoms. The van der Waals surface area contributed by atoms with Crippen molar-refractivity contribution in [1.29, 1.82) is 0 Å². The molecule has 6 nitrogen and oxygen atoms in total. The Morgan fingerprint density at radius 3 is 2.82 bits per heavy atom. The highest BCUT2D eigenvalue weighted by Crippen LogP contribution is 2.28. The number of halogens is 1. The van der Waals surface area contributed by atoms with E-state index in [1.807, 2.05) is 0 Å². The molecule has 0 aromatic carbocycles. The minimum Gasteiger partial charge on any atom is -0.465 e. The van der Waals surface area contributed by atoms with Gasteiger partial charge >= 0.3 is 5.97 Å². The molecular weight excluding hydrogens is 326 g/mol. The molecule has 0 radical (unpaired) electrons. The summed E-state index contributed by atoms with van der Waals surface area (Å²) < 4.78 is 4.72. The summed E-state index contributed by atoms with van der Waals surface area (Å²) in [6.45, 7) is 1.70. The number of H-pyrrole nitrogens is 1. The summed E-state index contributed by atoms with van der Waals surface area (Å²) in [5.41, 5.74) is 0.898. The Morgan fingerprint density at radius 2 is 2.18 bits per heavy atom. The maximum Gasteiger partial charge on any atom is 0.348 e. The molecule has 112 valence electrons. The van der Waals surface area contributed by atoms with Crippen molar-refractivity contribution in [2.45, 2.75) is 6.92 Å². The Balaban J connectivity index is 2.22. The highest BCUT2D eigenvalue weighted by Gasteiger charge is 2.20. The average molecular weight is 336 g/mol. The molecule has 3 heterocycles. The predicted octanol–water partition coefficient (Wildman–Crippen LogP) is 2.80. The summed E-state index contributed by atoms with van der Waals surface area (Å²) in [5.74, 6) is -0.103. The SMILES string of the molecule is COC(=O)c1sc2nc(-c3ccc(Cl)nc3)[nH]c(=O)c2c1C. The lowest BCUT2D eigenvalue weighted by Gasteiger charge is -2.00. The van der Waals surface area contributed by atoms with Crippen molar-refractivity contribution in [2.24, 2.45) is 0 Å². The number of carbonyl (C=O) groups excluding carboxylic acids is 1. The quantitative estimate of drug-likeness (QED) is 0.575. The molecule has 3 aromatic heterocycles. The number of carbonyl (C=O) groups is 1. The minimum absolute atomic E-state index is 0.307. The summed E-state index contributed by atoms with van der Waals surface area (Å²) >= 11 is 6.88. The topological polar surface area (TPSA) is 84.9 Å². The number of thiophene rings is 1. The van der Waals surface area contributed by atoms with Crippen LogP contribution in [-0.4, -0.2) is 28.0 Å². The zero-order valence-electron chi connectivity index (χ0n) is 11.6. The van der Waals surface area contributed by atoms with Crippen molar-refractivity contribution >= 4 is 39.1 Å². The average Bonchev–Trinajstić information content (AvgIpc) is 2.84. The third-order valence-corrected chi connectivity index (χ3v) is 4.56. The zero-order valence-corrected chi connectivity index (χ0v) is 13.2. The third kappa shape index (κ3) is 2.38. The molecule has 0 spiro atoms. The Hall–Kier alpha value is -2.25. The molecule has 3 aromatic rings. The van der Waals surface area contributed by atoms with Crippen molar-refractivity contribution < 1.29 is 9.53 Å². The van der Waals surface area contributed by atoms with Crippen molar-refractivity contribution in [3.05, 3.63) is 44.3 Å². The standard InChI is InChI=1S/C14H10ClN3O3S/c1-6-9-12(19)17-11(7-3-4-8(15)16-5-7)18-13(9)22-10(6)14(20)21-2/h3-5H,1-2H3,(H,17,18,19). The fourth-order valence-corrected chi connectivity index (χ4v) is 3.30. The fraction of sp³-hybridized carbons (Fsp3) is 0.143. The number of aryl methyl sites for hydroxylation is 1. The van der Waals surface area contributed by atoms with E-state index in [1.54, 1.807) is 19.1 Å². The molecular formula is C14H10ClN3O3S. The largest absolute Gasteiger partial charge is 0.465 e. The molecule has 3 rings (SSSR count). The van der Waals surface area contributed by atoms with E-state index in [2.05, 4.69) is 15.0 Å². The second-order valence-electron chi connectivity index (χ2n) is 4.51. The number of hydrogen-bond donors (Lipinski definition) is 1. The second-order valence-corrected chi connectivity index (χ2v) is 5.90. The van der Waals surface area contributed by atoms with Gasteiger partial charge in [-0.2, -0.15) is 0 Å². The number of ether oxygens (including phenoxy) is 1. The first-order chi connectivity index (χ1) is 10.5. The van der Waals surface area contributed by atoms with Gasteiger partial charge in [0.05, 0.1) is 12.5 Å². The Labute approximate surface area is 133 Å². The molecule has 0 amide bonds. The first-order valence-electron chi connectivity index (χ1n) is 6.25. The van der Waals surface area contributed by atoms with Gasteiger partial charge in [-0.3, -0.25) is 4.79 Å². The fourth-order valence-electron chi connectivity index (χ4n) is 2.08. The van der Waals surface area contributed by atoms with Crippen LogP contribution in [0.25, 0.3) is 21.6 Å². The summed E-state index contributed by atoms with van der Waals surface area (Å²) in [6.07, 6.45) is 1.52. The first kappa shape index (κ1) is 14.7. The smallest absolute Gasteiger partial charge is 0.348 e. The lowest BCUT2D eigenvalue weighted by molar-refractivity contribution is 0.0605. The maximum atomic E-state index is 12.3. The van der Waals surface area contributed by atoms with Crippen molar-refractivity contribution in [2.75, 3.05) is 7.11 Å². The summed E-state index contributed by atoms with van der Waals surface area (Å²) in [7, 11) is 1.30. The van der Waals surface area contributed by atoms with Gasteiger partial charge in [-0.25, -0.2) is 14.8 Å². The van der Waals surface area contributed by atoms with Crippen molar-refractivity contribution in [3.63, 3.8) is 0 Å². The Morgan fingerprint density at radius 1 is 1.41 bits per heavy atom. The number of hydrogen-bond acceptors (Lipinski definition) is 6. The van der Waals surface area contributed by atoms with Crippen LogP contribution in [0.3, 0.4) is 0 Å². The van der Waals surface area contributed by atoms with E-state index < -0.39 is 5.97 Å². The molecule has 0 aliphatic heterocycles. The molecule has 0 bridgehead atoms. The highest BCUT2D eigenvalue weighted by molar-refractivity contribution is 7.20. The molecule has 0 saturated heterocycles. The van der Waals surface area contributed by atoms with Gasteiger partial charge in [0.25, 0.3) is 5.56 Å². The van der Waals surface area contributed by atoms with Crippen LogP contribution >= 0.6 is 22.9 Å². The van der Waals surface area contributed by atoms with E-state index in [0.717, 1.165) is 11.3 Å². The van der Waals surface area contributed by atoms with Crippen LogP contribution in [0.4, 0.5) is 0 Å². The highest BCUT2D eigenvalue weighted by atomic mass is 35.5. The van der Waals surface area contributed by atoms with Gasteiger partial charge in [-0.15, -0.1) is 11.3 Å². The minimum atomic E-state index is -0.477. The molecule has 8 heteroatoms. The van der Waals surface area contributed by atoms with Crippen molar-refractivity contribution in [3.8, 4) is 11.4 Å². The Bertz CT molecular complexity index is 931. The number of methoxy groups -OCH3 is 1. The monoisotopic (exact) mass is 335 g/mol. The number of rotatable bonds is 2. The second kappa shape index (κ2) is 5.51. The van der Waals surface area contributed by atoms with Gasteiger partial charge in [0.2, 0.25) is 0 Å². The van der Waals surface area contributed by atoms with Crippen LogP contribution in [0.5, 0.6) is 0 Å². The van der Waals surface area contributed by atoms with E-state index in [4.69, 9.17) is 16.3 Å². The molecule has 0 fully saturated rings. The predicted molar refractivity (Wildman–Crippen MR) is 84.6 cm³/mol. The summed E-state index contributed by atoms with van der Waals surface area (Å²) in [4.78, 5) is 36.0. The van der Waals surface area contributed by atoms with Crippen LogP contribution in [0.15, 0.2) is 23.1 Å². The van der Waals surface area contributed by atoms with Crippen LogP contribution in [0.1, 0.15) is 15.2 Å². The van der Waals surface area contributed by atoms with Gasteiger partial charge in [0.15, 0.2) is 0 Å². The Kier molecular flexibility index (Phi) is 3.67. The number of nitrogens with zero attached hydrogens (tertiary/aromatic N) is 2. The molecule has 0 unspecified atom stereocenters. The number of esters is 1. The summed E-state index contributed by atoms with van der Waals surface area (Å²) in [6, 6.07) is 3.32. The normalized spacial score (nSPS) is 10.9. The lowest BCUT2D eigenvalue weighted by Crippen LogP contribution is -2.09. The first-order valence-corrected chi connectivity index (χ1v) is 7.44. The van der Waals surface area contributed by atoms with E-state index in [9.17, 15) is 9.59 Å². The zero-order chi connectivity index (χ0) is 15.9. The van der Waals surface area contributed by atoms with E-state index >= 15 is 0 Å². The van der Waals surface area contributed by atoms with Gasteiger partial charge in [-0.05, 0) is 24.6 Å². The van der Waals surface area contributed by atoms with Crippen LogP contribution < -0.4 is 5.56 Å². The lowest BCUT2D eigenvalue weighted by atomic mass is 10.2. The third-order valence-electron chi connectivity index (χ3n) is 3.17. The van der Waals surface area contributed by atoms with Crippen LogP contribution in [-0.2, 0) is 4.74 Å². The van der Waals surface area contributed by atoms with E-state index in [-0.39, 0.29) is 5.56 Å². The van der Waals surface area contributed by atoms with E-state index in [0.29, 0.717) is 37.2 Å². The number of aromatic amines is 1. The maximum absolute atomic E-state index is 12.3. The summed E-state index contributed by atoms with van der Waals surface area (Å²) in [5, 5.41) is 0.753. The van der Waals surface area contributed by atoms with Gasteiger partial charge in [0.1, 0.15) is 20.7 Å². The van der Waals surface area contributed by atoms with Gasteiger partial charge < -0.3 is 9.72 Å². The van der Waals surface area contributed by atoms with Gasteiger partial charge in [0, 0.05) is 11.8 Å². The molecule has 0 saturated carbocycles. The molecule has 0 atom stereocenters. The van der Waals surface area contributed by atoms with Crippen LogP contribution in [0.2, 0.25) is 5.15 Å². The van der Waals surface area contributed by atoms with Gasteiger partial charge in [-0.1, -0.05) is 11.6 Å². The van der Waals surface area contributed by atoms with Crippen LogP contribution in [0, 0.1) is 6.92 Å². The number of fused-ring (bicyclic) bond motifs is 1. The molecule has 0 aliphatic carbocycles. The number of aromatic nitrogens is 3. The molecule has 0 aliphatic rings. The number of nitrogens with one attached hydrogen (secondary N) is 1. The number of pyridine rings is 1.